The fourth-order valence-corrected chi connectivity index (χ4v) is 8.62. The van der Waals surface area contributed by atoms with E-state index in [0.717, 1.165) is 0 Å². The molecule has 7 rings (SSSR count). The predicted molar refractivity (Wildman–Crippen MR) is 155 cm³/mol. The molecule has 10 atom stereocenters. The van der Waals surface area contributed by atoms with Crippen molar-refractivity contribution in [3.05, 3.63) is 25.3 Å². The zero-order chi connectivity index (χ0) is 31.0. The Bertz CT molecular complexity index is 1700. The summed E-state index contributed by atoms with van der Waals surface area (Å²) in [7, 11) is -3.67. The van der Waals surface area contributed by atoms with Gasteiger partial charge in [-0.15, -0.1) is 0 Å². The number of hydrogen-bond donors (Lipinski definition) is 7. The van der Waals surface area contributed by atoms with Crippen LogP contribution in [0.5, 0.6) is 0 Å². The molecule has 0 saturated carbocycles. The molecule has 7 heterocycles. The van der Waals surface area contributed by atoms with Gasteiger partial charge >= 0.3 is 0 Å². The molecule has 0 amide bonds. The van der Waals surface area contributed by atoms with Crippen LogP contribution in [0.2, 0.25) is 0 Å². The number of anilines is 2. The minimum absolute atomic E-state index is 0.141. The molecular weight excluding hydrogens is 642 g/mol. The minimum atomic E-state index is -3.83. The molecule has 3 aliphatic heterocycles. The molecule has 3 saturated heterocycles. The molecule has 2 unspecified atom stereocenters. The highest BCUT2D eigenvalue weighted by atomic mass is 32.5. The number of fused-ring (bicyclic) bond motifs is 4. The number of hydrogen-bond acceptors (Lipinski definition) is 16. The number of aromatic nitrogens is 8. The fourth-order valence-electron chi connectivity index (χ4n) is 5.58. The van der Waals surface area contributed by atoms with Crippen LogP contribution in [0.3, 0.4) is 0 Å². The molecule has 0 radical (unpaired) electrons. The Morgan fingerprint density at radius 2 is 1.32 bits per heavy atom. The maximum atomic E-state index is 13.7. The van der Waals surface area contributed by atoms with E-state index in [1.807, 2.05) is 0 Å². The number of nitrogens with zero attached hydrogens (tertiary/aromatic N) is 8. The van der Waals surface area contributed by atoms with Crippen molar-refractivity contribution in [3.8, 4) is 0 Å². The number of rotatable bonds is 2. The van der Waals surface area contributed by atoms with E-state index >= 15 is 0 Å². The molecule has 23 heteroatoms. The number of nitrogens with two attached hydrogens (primary N) is 2. The van der Waals surface area contributed by atoms with Crippen molar-refractivity contribution in [2.75, 3.05) is 31.3 Å². The molecule has 4 aromatic heterocycles. The van der Waals surface area contributed by atoms with Gasteiger partial charge in [-0.05, 0) is 11.8 Å². The van der Waals surface area contributed by atoms with E-state index in [1.165, 1.54) is 41.1 Å². The predicted octanol–water partition coefficient (Wildman–Crippen LogP) is -1.65. The summed E-state index contributed by atoms with van der Waals surface area (Å²) in [5, 5.41) is 28.4. The zero-order valence-electron chi connectivity index (χ0n) is 22.8. The molecule has 4 aromatic rings. The lowest BCUT2D eigenvalue weighted by atomic mass is 10.1. The van der Waals surface area contributed by atoms with Crippen LogP contribution in [0.1, 0.15) is 12.5 Å². The van der Waals surface area contributed by atoms with Gasteiger partial charge < -0.3 is 45.1 Å². The van der Waals surface area contributed by atoms with Crippen LogP contribution in [0.4, 0.5) is 11.6 Å². The molecule has 0 aliphatic carbocycles. The molecule has 3 fully saturated rings. The van der Waals surface area contributed by atoms with E-state index < -0.39 is 63.1 Å². The number of nitrogens with one attached hydrogen (secondary N) is 2. The summed E-state index contributed by atoms with van der Waals surface area (Å²) in [5.74, 6) is 0.283. The Balaban J connectivity index is 1.17. The third-order valence-electron chi connectivity index (χ3n) is 7.67. The van der Waals surface area contributed by atoms with Gasteiger partial charge in [0.15, 0.2) is 35.4 Å². The van der Waals surface area contributed by atoms with Crippen LogP contribution < -0.4 is 21.6 Å². The molecule has 44 heavy (non-hydrogen) atoms. The third-order valence-corrected chi connectivity index (χ3v) is 10.8. The lowest BCUT2D eigenvalue weighted by Gasteiger charge is -2.31. The van der Waals surface area contributed by atoms with Crippen LogP contribution in [0.15, 0.2) is 25.3 Å². The Labute approximate surface area is 252 Å². The van der Waals surface area contributed by atoms with E-state index in [2.05, 4.69) is 40.1 Å². The van der Waals surface area contributed by atoms with Crippen molar-refractivity contribution in [1.29, 1.82) is 0 Å². The van der Waals surface area contributed by atoms with Gasteiger partial charge in [0.1, 0.15) is 48.1 Å². The first-order valence-electron chi connectivity index (χ1n) is 13.2. The van der Waals surface area contributed by atoms with Gasteiger partial charge in [0, 0.05) is 6.66 Å². The van der Waals surface area contributed by atoms with Crippen molar-refractivity contribution < 1.29 is 38.2 Å². The van der Waals surface area contributed by atoms with Crippen LogP contribution in [-0.2, 0) is 34.9 Å². The molecular formula is C21H28N12O8P2S. The van der Waals surface area contributed by atoms with E-state index in [9.17, 15) is 19.7 Å². The second kappa shape index (κ2) is 10.9. The van der Waals surface area contributed by atoms with Crippen LogP contribution in [-0.4, -0.2) is 111 Å². The molecule has 0 aromatic carbocycles. The van der Waals surface area contributed by atoms with E-state index in [0.29, 0.717) is 22.3 Å². The maximum absolute atomic E-state index is 13.7. The summed E-state index contributed by atoms with van der Waals surface area (Å²) in [6.45, 7) is -3.15. The highest BCUT2D eigenvalue weighted by Crippen LogP contribution is 2.48. The second-order valence-corrected chi connectivity index (χ2v) is 15.8. The lowest BCUT2D eigenvalue weighted by molar-refractivity contribution is -0.0469. The van der Waals surface area contributed by atoms with Gasteiger partial charge in [0.2, 0.25) is 0 Å². The minimum Gasteiger partial charge on any atom is -0.387 e. The normalized spacial score (nSPS) is 38.3. The number of imidazole rings is 2. The largest absolute Gasteiger partial charge is 0.387 e. The highest BCUT2D eigenvalue weighted by molar-refractivity contribution is 8.08. The summed E-state index contributed by atoms with van der Waals surface area (Å²) in [6, 6.07) is -2.05. The summed E-state index contributed by atoms with van der Waals surface area (Å²) < 4.78 is 40.4. The second-order valence-electron chi connectivity index (χ2n) is 10.5. The topological polar surface area (TPSA) is 278 Å². The van der Waals surface area contributed by atoms with Crippen molar-refractivity contribution in [3.63, 3.8) is 0 Å². The summed E-state index contributed by atoms with van der Waals surface area (Å²) in [6.07, 6.45) is -1.46. The van der Waals surface area contributed by atoms with Gasteiger partial charge in [0.25, 0.3) is 14.2 Å². The summed E-state index contributed by atoms with van der Waals surface area (Å²) >= 11 is 5.39. The molecule has 3 aliphatic rings. The van der Waals surface area contributed by atoms with E-state index in [4.69, 9.17) is 41.8 Å². The number of aliphatic hydroxyl groups excluding tert-OH is 2. The summed E-state index contributed by atoms with van der Waals surface area (Å²) in [5.41, 5.74) is 13.0. The maximum Gasteiger partial charge on any atom is 0.267 e. The van der Waals surface area contributed by atoms with Gasteiger partial charge in [-0.1, -0.05) is 0 Å². The summed E-state index contributed by atoms with van der Waals surface area (Å²) in [4.78, 5) is 35.8. The number of ether oxygens (including phenoxy) is 2. The van der Waals surface area contributed by atoms with Gasteiger partial charge in [-0.2, -0.15) is 0 Å². The molecule has 20 nitrogen and oxygen atoms in total. The van der Waals surface area contributed by atoms with Crippen molar-refractivity contribution in [2.24, 2.45) is 0 Å². The average Bonchev–Trinajstić information content (AvgIpc) is 3.73. The van der Waals surface area contributed by atoms with E-state index in [1.54, 1.807) is 0 Å². The first kappa shape index (κ1) is 29.9. The van der Waals surface area contributed by atoms with Crippen LogP contribution in [0.25, 0.3) is 22.3 Å². The van der Waals surface area contributed by atoms with Gasteiger partial charge in [-0.3, -0.25) is 13.7 Å². The van der Waals surface area contributed by atoms with Crippen molar-refractivity contribution in [1.82, 2.24) is 49.2 Å². The SMILES string of the molecule is CP1(=O)N[C@H]2[C@@H](O)[C@H](n3cnc4c(N)ncnc43)O[C@@H]2COP(O)(=S)N[C@H]2[C@@H](O)[C@H](n3cnc4c(N)ncnc43)O[C@@H]2CO1. The Morgan fingerprint density at radius 1 is 0.841 bits per heavy atom. The monoisotopic (exact) mass is 670 g/mol. The molecule has 0 bridgehead atoms. The average molecular weight is 671 g/mol. The number of aliphatic hydroxyl groups is 2. The standard InChI is InChI=1S/C21H28N12O8P2S/c1-42(36)30-10-9(41-20(14(10)34)32-6-28-12-16(22)24-4-26-18(12)32)3-39-43(37,44)31-11-8(2-38-42)40-21(15(11)35)33-7-29-13-17(23)25-5-27-19(13)33/h4-11,14-15,20-21,34-35H,2-3H2,1H3,(H,30,36)(H2,22,24,26)(H2,23,25,27)(H2,31,37,44)/t8-,9-,10-,11-,14-,15-,20-,21-,42?,43?/m1/s1. The van der Waals surface area contributed by atoms with Gasteiger partial charge in [-0.25, -0.2) is 40.1 Å². The highest BCUT2D eigenvalue weighted by Gasteiger charge is 2.51. The van der Waals surface area contributed by atoms with Gasteiger partial charge in [0.05, 0.1) is 38.0 Å². The lowest BCUT2D eigenvalue weighted by Crippen LogP contribution is -2.47. The Morgan fingerprint density at radius 3 is 1.84 bits per heavy atom. The third kappa shape index (κ3) is 5.17. The van der Waals surface area contributed by atoms with Crippen molar-refractivity contribution in [2.45, 2.75) is 49.0 Å². The first-order chi connectivity index (χ1) is 20.9. The van der Waals surface area contributed by atoms with Crippen LogP contribution in [0, 0.1) is 0 Å². The smallest absolute Gasteiger partial charge is 0.267 e. The Kier molecular flexibility index (Phi) is 7.43. The molecule has 9 N–H and O–H groups in total. The fraction of sp³-hybridized carbons (Fsp3) is 0.524. The van der Waals surface area contributed by atoms with E-state index in [-0.39, 0.29) is 24.8 Å². The first-order valence-corrected chi connectivity index (χ1v) is 17.9. The molecule has 0 spiro atoms. The quantitative estimate of drug-likeness (QED) is 0.118. The van der Waals surface area contributed by atoms with Crippen LogP contribution >= 0.6 is 14.2 Å². The number of nitrogen functional groups attached to an aromatic ring is 2. The molecule has 236 valence electrons. The zero-order valence-corrected chi connectivity index (χ0v) is 25.4. The van der Waals surface area contributed by atoms with Crippen molar-refractivity contribution >= 4 is 59.9 Å². The Hall–Kier alpha value is -2.78.